The average molecular weight is 385 g/mol. The van der Waals surface area contributed by atoms with Crippen LogP contribution in [0, 0.1) is 0 Å². The van der Waals surface area contributed by atoms with E-state index in [1.54, 1.807) is 25.4 Å². The number of thiophene rings is 1. The lowest BCUT2D eigenvalue weighted by molar-refractivity contribution is 0.199. The first-order chi connectivity index (χ1) is 13.2. The highest BCUT2D eigenvalue weighted by atomic mass is 32.1. The van der Waals surface area contributed by atoms with E-state index >= 15 is 0 Å². The van der Waals surface area contributed by atoms with Crippen molar-refractivity contribution in [1.29, 1.82) is 0 Å². The van der Waals surface area contributed by atoms with Gasteiger partial charge < -0.3 is 18.4 Å². The van der Waals surface area contributed by atoms with Gasteiger partial charge in [-0.1, -0.05) is 10.3 Å². The maximum atomic E-state index is 12.8. The van der Waals surface area contributed by atoms with Crippen LogP contribution in [0.2, 0.25) is 0 Å². The molecule has 0 radical (unpaired) electrons. The number of methoxy groups -OCH3 is 1. The van der Waals surface area contributed by atoms with Crippen molar-refractivity contribution in [3.63, 3.8) is 0 Å². The van der Waals surface area contributed by atoms with Gasteiger partial charge in [-0.05, 0) is 23.6 Å². The van der Waals surface area contributed by atoms with Crippen LogP contribution in [0.4, 0.5) is 0 Å². The number of nitrogens with zero attached hydrogens (tertiary/aromatic N) is 5. The third kappa shape index (κ3) is 3.71. The smallest absolute Gasteiger partial charge is 0.263 e. The van der Waals surface area contributed by atoms with Gasteiger partial charge in [0.25, 0.3) is 11.4 Å². The molecule has 0 aromatic carbocycles. The molecule has 4 rings (SSSR count). The average Bonchev–Trinajstić information content (AvgIpc) is 3.43. The molecule has 0 aliphatic carbocycles. The molecular weight excluding hydrogens is 370 g/mol. The van der Waals surface area contributed by atoms with E-state index in [0.717, 1.165) is 5.56 Å². The summed E-state index contributed by atoms with van der Waals surface area (Å²) in [6, 6.07) is 5.26. The van der Waals surface area contributed by atoms with E-state index in [1.807, 2.05) is 16.8 Å². The number of hydrogen-bond donors (Lipinski definition) is 0. The molecule has 0 bridgehead atoms. The summed E-state index contributed by atoms with van der Waals surface area (Å²) < 4.78 is 16.9. The Morgan fingerprint density at radius 3 is 2.96 bits per heavy atom. The second-order valence-corrected chi connectivity index (χ2v) is 6.42. The standard InChI is InChI=1S/C17H15N5O4S/c1-24-7-4-13-18-14(25-20-13)9-22-6-2-3-12(17(22)23)16-19-15(21-26-16)11-5-8-27-10-11/h2-3,5-6,8,10H,4,7,9H2,1H3. The van der Waals surface area contributed by atoms with E-state index in [9.17, 15) is 4.79 Å². The molecule has 0 saturated carbocycles. The highest BCUT2D eigenvalue weighted by Gasteiger charge is 2.16. The van der Waals surface area contributed by atoms with Crippen molar-refractivity contribution in [1.82, 2.24) is 24.8 Å². The van der Waals surface area contributed by atoms with Crippen LogP contribution in [-0.2, 0) is 17.7 Å². The zero-order valence-corrected chi connectivity index (χ0v) is 15.2. The van der Waals surface area contributed by atoms with Crippen LogP contribution in [0.5, 0.6) is 0 Å². The van der Waals surface area contributed by atoms with Crippen molar-refractivity contribution >= 4 is 11.3 Å². The summed E-state index contributed by atoms with van der Waals surface area (Å²) in [5, 5.41) is 11.6. The quantitative estimate of drug-likeness (QED) is 0.476. The van der Waals surface area contributed by atoms with Crippen LogP contribution < -0.4 is 5.56 Å². The molecule has 0 spiro atoms. The molecule has 0 amide bonds. The first-order valence-corrected chi connectivity index (χ1v) is 9.05. The van der Waals surface area contributed by atoms with Crippen LogP contribution in [0.15, 0.2) is 49.0 Å². The third-order valence-corrected chi connectivity index (χ3v) is 4.48. The van der Waals surface area contributed by atoms with Crippen molar-refractivity contribution in [2.24, 2.45) is 0 Å². The van der Waals surface area contributed by atoms with E-state index in [1.165, 1.54) is 15.9 Å². The second kappa shape index (κ2) is 7.64. The predicted molar refractivity (Wildman–Crippen MR) is 96.3 cm³/mol. The molecule has 0 fully saturated rings. The lowest BCUT2D eigenvalue weighted by atomic mass is 10.2. The summed E-state index contributed by atoms with van der Waals surface area (Å²) >= 11 is 1.53. The van der Waals surface area contributed by atoms with Crippen LogP contribution in [-0.4, -0.2) is 38.6 Å². The fraction of sp³-hybridized carbons (Fsp3) is 0.235. The van der Waals surface area contributed by atoms with E-state index in [-0.39, 0.29) is 18.0 Å². The third-order valence-electron chi connectivity index (χ3n) is 3.80. The zero-order valence-electron chi connectivity index (χ0n) is 14.4. The van der Waals surface area contributed by atoms with E-state index < -0.39 is 0 Å². The Labute approximate surface area is 157 Å². The number of ether oxygens (including phenoxy) is 1. The van der Waals surface area contributed by atoms with Gasteiger partial charge in [-0.15, -0.1) is 0 Å². The molecular formula is C17H15N5O4S. The number of hydrogen-bond acceptors (Lipinski definition) is 9. The summed E-state index contributed by atoms with van der Waals surface area (Å²) in [6.45, 7) is 0.649. The molecule has 4 aromatic heterocycles. The predicted octanol–water partition coefficient (Wildman–Crippen LogP) is 2.25. The molecule has 4 aromatic rings. The van der Waals surface area contributed by atoms with Gasteiger partial charge in [-0.25, -0.2) is 0 Å². The Morgan fingerprint density at radius 2 is 2.15 bits per heavy atom. The van der Waals surface area contributed by atoms with Crippen LogP contribution in [0.3, 0.4) is 0 Å². The first kappa shape index (κ1) is 17.3. The fourth-order valence-corrected chi connectivity index (χ4v) is 3.10. The van der Waals surface area contributed by atoms with Crippen LogP contribution in [0.1, 0.15) is 11.7 Å². The monoisotopic (exact) mass is 385 g/mol. The molecule has 10 heteroatoms. The maximum absolute atomic E-state index is 12.8. The Bertz CT molecular complexity index is 1080. The Hall–Kier alpha value is -3.11. The topological polar surface area (TPSA) is 109 Å². The van der Waals surface area contributed by atoms with Gasteiger partial charge in [0.2, 0.25) is 11.7 Å². The molecule has 0 atom stereocenters. The molecule has 0 aliphatic heterocycles. The van der Waals surface area contributed by atoms with Gasteiger partial charge in [0.15, 0.2) is 5.82 Å². The molecule has 27 heavy (non-hydrogen) atoms. The van der Waals surface area contributed by atoms with E-state index in [4.69, 9.17) is 13.8 Å². The SMILES string of the molecule is COCCc1noc(Cn2cccc(-c3nc(-c4ccsc4)no3)c2=O)n1. The van der Waals surface area contributed by atoms with Gasteiger partial charge in [0.1, 0.15) is 12.1 Å². The van der Waals surface area contributed by atoms with Gasteiger partial charge in [0.05, 0.1) is 6.61 Å². The Balaban J connectivity index is 1.58. The van der Waals surface area contributed by atoms with Gasteiger partial charge in [0, 0.05) is 30.7 Å². The van der Waals surface area contributed by atoms with Crippen molar-refractivity contribution in [2.45, 2.75) is 13.0 Å². The maximum Gasteiger partial charge on any atom is 0.263 e. The largest absolute Gasteiger partial charge is 0.384 e. The van der Waals surface area contributed by atoms with Gasteiger partial charge >= 0.3 is 0 Å². The highest BCUT2D eigenvalue weighted by molar-refractivity contribution is 7.08. The Morgan fingerprint density at radius 1 is 1.22 bits per heavy atom. The molecule has 4 heterocycles. The van der Waals surface area contributed by atoms with Gasteiger partial charge in [-0.2, -0.15) is 21.3 Å². The second-order valence-electron chi connectivity index (χ2n) is 5.64. The highest BCUT2D eigenvalue weighted by Crippen LogP contribution is 2.22. The minimum Gasteiger partial charge on any atom is -0.384 e. The Kier molecular flexibility index (Phi) is 4.90. The zero-order chi connectivity index (χ0) is 18.6. The summed E-state index contributed by atoms with van der Waals surface area (Å²) in [4.78, 5) is 21.4. The summed E-state index contributed by atoms with van der Waals surface area (Å²) in [7, 11) is 1.60. The molecule has 0 aliphatic rings. The molecule has 0 unspecified atom stereocenters. The lowest BCUT2D eigenvalue weighted by Gasteiger charge is -2.02. The van der Waals surface area contributed by atoms with Crippen molar-refractivity contribution in [2.75, 3.05) is 13.7 Å². The van der Waals surface area contributed by atoms with Gasteiger partial charge in [-0.3, -0.25) is 4.79 Å². The van der Waals surface area contributed by atoms with Crippen molar-refractivity contribution < 1.29 is 13.8 Å². The minimum atomic E-state index is -0.283. The summed E-state index contributed by atoms with van der Waals surface area (Å²) in [6.07, 6.45) is 2.18. The number of rotatable bonds is 7. The first-order valence-electron chi connectivity index (χ1n) is 8.11. The molecule has 9 nitrogen and oxygen atoms in total. The normalized spacial score (nSPS) is 11.1. The van der Waals surface area contributed by atoms with E-state index in [0.29, 0.717) is 36.1 Å². The molecule has 138 valence electrons. The lowest BCUT2D eigenvalue weighted by Crippen LogP contribution is -2.21. The summed E-state index contributed by atoms with van der Waals surface area (Å²) in [5.41, 5.74) is 0.876. The van der Waals surface area contributed by atoms with Crippen molar-refractivity contribution in [3.8, 4) is 22.8 Å². The van der Waals surface area contributed by atoms with Crippen molar-refractivity contribution in [3.05, 3.63) is 57.2 Å². The minimum absolute atomic E-state index is 0.151. The number of pyridine rings is 1. The van der Waals surface area contributed by atoms with Crippen LogP contribution >= 0.6 is 11.3 Å². The van der Waals surface area contributed by atoms with E-state index in [2.05, 4.69) is 20.3 Å². The summed E-state index contributed by atoms with van der Waals surface area (Å²) in [5.74, 6) is 1.49. The fourth-order valence-electron chi connectivity index (χ4n) is 2.46. The molecule has 0 saturated heterocycles. The molecule has 0 N–H and O–H groups in total. The van der Waals surface area contributed by atoms with Crippen LogP contribution in [0.25, 0.3) is 22.8 Å². The number of aromatic nitrogens is 5.